The van der Waals surface area contributed by atoms with E-state index in [0.717, 1.165) is 0 Å². The quantitative estimate of drug-likeness (QED) is 0.354. The van der Waals surface area contributed by atoms with Gasteiger partial charge < -0.3 is 10.1 Å². The fourth-order valence-electron chi connectivity index (χ4n) is 1.57. The summed E-state index contributed by atoms with van der Waals surface area (Å²) in [6.45, 7) is 3.58. The molecule has 1 N–H and O–H groups in total. The van der Waals surface area contributed by atoms with E-state index in [1.165, 1.54) is 25.3 Å². The fourth-order valence-corrected chi connectivity index (χ4v) is 1.57. The van der Waals surface area contributed by atoms with Gasteiger partial charge in [-0.1, -0.05) is 18.2 Å². The van der Waals surface area contributed by atoms with Crippen molar-refractivity contribution in [1.82, 2.24) is 5.32 Å². The highest BCUT2D eigenvalue weighted by Crippen LogP contribution is 2.17. The lowest BCUT2D eigenvalue weighted by Crippen LogP contribution is -2.36. The van der Waals surface area contributed by atoms with Gasteiger partial charge in [0.1, 0.15) is 11.8 Å². The molecule has 0 saturated heterocycles. The van der Waals surface area contributed by atoms with Crippen molar-refractivity contribution >= 4 is 11.6 Å². The molecule has 1 atom stereocenters. The van der Waals surface area contributed by atoms with Crippen LogP contribution in [-0.4, -0.2) is 24.2 Å². The molecule has 1 rings (SSSR count). The van der Waals surface area contributed by atoms with E-state index in [0.29, 0.717) is 12.8 Å². The first-order valence-electron chi connectivity index (χ1n) is 5.78. The Morgan fingerprint density at radius 2 is 2.26 bits per heavy atom. The predicted molar refractivity (Wildman–Crippen MR) is 70.8 cm³/mol. The monoisotopic (exact) mass is 264 g/mol. The molecule has 0 radical (unpaired) electrons. The van der Waals surface area contributed by atoms with E-state index < -0.39 is 17.1 Å². The average Bonchev–Trinajstić information content (AvgIpc) is 2.43. The van der Waals surface area contributed by atoms with Gasteiger partial charge >= 0.3 is 0 Å². The van der Waals surface area contributed by atoms with Crippen LogP contribution in [0.1, 0.15) is 23.2 Å². The van der Waals surface area contributed by atoms with Gasteiger partial charge in [-0.2, -0.15) is 0 Å². The predicted octanol–water partition coefficient (Wildman–Crippen LogP) is 2.26. The van der Waals surface area contributed by atoms with Crippen LogP contribution in [0.4, 0.5) is 5.69 Å². The van der Waals surface area contributed by atoms with Crippen molar-refractivity contribution in [2.24, 2.45) is 0 Å². The summed E-state index contributed by atoms with van der Waals surface area (Å²) in [6, 6.07) is 5.79. The molecular formula is C13H16N2O4. The number of hydrogen-bond acceptors (Lipinski definition) is 4. The fraction of sp³-hybridized carbons (Fsp3) is 0.308. The van der Waals surface area contributed by atoms with Crippen LogP contribution in [0.3, 0.4) is 0 Å². The number of amides is 1. The Morgan fingerprint density at radius 3 is 2.84 bits per heavy atom. The first kappa shape index (κ1) is 14.8. The standard InChI is InChI=1S/C13H16N2O4/c1-3-4-9-12(19-2)14-13(16)10-7-5-6-8-11(10)15(17)18/h3,5-8,12H,1,4,9H2,2H3,(H,14,16). The number of allylic oxidation sites excluding steroid dienone is 1. The number of para-hydroxylation sites is 1. The van der Waals surface area contributed by atoms with E-state index in [2.05, 4.69) is 11.9 Å². The lowest BCUT2D eigenvalue weighted by atomic mass is 10.1. The molecule has 0 aliphatic rings. The molecule has 0 spiro atoms. The number of benzene rings is 1. The zero-order chi connectivity index (χ0) is 14.3. The number of ether oxygens (including phenoxy) is 1. The van der Waals surface area contributed by atoms with E-state index in [4.69, 9.17) is 4.74 Å². The second-order valence-corrected chi connectivity index (χ2v) is 3.84. The highest BCUT2D eigenvalue weighted by Gasteiger charge is 2.21. The van der Waals surface area contributed by atoms with Crippen molar-refractivity contribution in [3.05, 3.63) is 52.6 Å². The first-order chi connectivity index (χ1) is 9.10. The van der Waals surface area contributed by atoms with Gasteiger partial charge in [-0.15, -0.1) is 6.58 Å². The number of nitro groups is 1. The van der Waals surface area contributed by atoms with Gasteiger partial charge in [-0.3, -0.25) is 14.9 Å². The largest absolute Gasteiger partial charge is 0.362 e. The Bertz CT molecular complexity index is 473. The maximum Gasteiger partial charge on any atom is 0.282 e. The molecule has 0 bridgehead atoms. The van der Waals surface area contributed by atoms with Gasteiger partial charge in [-0.25, -0.2) is 0 Å². The van der Waals surface area contributed by atoms with Crippen molar-refractivity contribution in [3.63, 3.8) is 0 Å². The number of carbonyl (C=O) groups excluding carboxylic acids is 1. The Hall–Kier alpha value is -2.21. The van der Waals surface area contributed by atoms with Gasteiger partial charge in [0, 0.05) is 13.2 Å². The summed E-state index contributed by atoms with van der Waals surface area (Å²) >= 11 is 0. The summed E-state index contributed by atoms with van der Waals surface area (Å²) in [4.78, 5) is 22.2. The molecule has 0 fully saturated rings. The molecule has 6 heteroatoms. The Balaban J connectivity index is 2.82. The molecule has 0 saturated carbocycles. The lowest BCUT2D eigenvalue weighted by molar-refractivity contribution is -0.385. The number of rotatable bonds is 7. The van der Waals surface area contributed by atoms with Crippen LogP contribution in [0.5, 0.6) is 0 Å². The van der Waals surface area contributed by atoms with E-state index >= 15 is 0 Å². The molecule has 1 aromatic carbocycles. The number of nitrogens with one attached hydrogen (secondary N) is 1. The van der Waals surface area contributed by atoms with Crippen LogP contribution < -0.4 is 5.32 Å². The van der Waals surface area contributed by atoms with E-state index in [1.807, 2.05) is 0 Å². The van der Waals surface area contributed by atoms with Crippen LogP contribution >= 0.6 is 0 Å². The van der Waals surface area contributed by atoms with Crippen LogP contribution in [0, 0.1) is 10.1 Å². The molecule has 6 nitrogen and oxygen atoms in total. The molecule has 0 aliphatic heterocycles. The van der Waals surface area contributed by atoms with Crippen molar-refractivity contribution in [2.45, 2.75) is 19.1 Å². The van der Waals surface area contributed by atoms with Crippen LogP contribution in [-0.2, 0) is 4.74 Å². The molecule has 19 heavy (non-hydrogen) atoms. The molecule has 0 aliphatic carbocycles. The van der Waals surface area contributed by atoms with E-state index in [9.17, 15) is 14.9 Å². The number of carbonyl (C=O) groups is 1. The minimum Gasteiger partial charge on any atom is -0.362 e. The first-order valence-corrected chi connectivity index (χ1v) is 5.78. The van der Waals surface area contributed by atoms with E-state index in [1.54, 1.807) is 12.1 Å². The summed E-state index contributed by atoms with van der Waals surface area (Å²) in [6.07, 6.45) is 2.45. The summed E-state index contributed by atoms with van der Waals surface area (Å²) in [7, 11) is 1.47. The number of nitro benzene ring substituents is 1. The van der Waals surface area contributed by atoms with Gasteiger partial charge in [0.2, 0.25) is 0 Å². The second kappa shape index (κ2) is 7.27. The van der Waals surface area contributed by atoms with Gasteiger partial charge in [0.05, 0.1) is 4.92 Å². The zero-order valence-electron chi connectivity index (χ0n) is 10.7. The van der Waals surface area contributed by atoms with Crippen molar-refractivity contribution < 1.29 is 14.5 Å². The minimum absolute atomic E-state index is 0.0214. The normalized spacial score (nSPS) is 11.6. The third-order valence-electron chi connectivity index (χ3n) is 2.55. The third-order valence-corrected chi connectivity index (χ3v) is 2.55. The van der Waals surface area contributed by atoms with Crippen molar-refractivity contribution in [3.8, 4) is 0 Å². The molecular weight excluding hydrogens is 248 g/mol. The van der Waals surface area contributed by atoms with Gasteiger partial charge in [0.15, 0.2) is 0 Å². The van der Waals surface area contributed by atoms with Crippen molar-refractivity contribution in [1.29, 1.82) is 0 Å². The molecule has 102 valence electrons. The minimum atomic E-state index is -0.583. The smallest absolute Gasteiger partial charge is 0.282 e. The second-order valence-electron chi connectivity index (χ2n) is 3.84. The molecule has 1 unspecified atom stereocenters. The topological polar surface area (TPSA) is 81.5 Å². The van der Waals surface area contributed by atoms with Crippen LogP contribution in [0.15, 0.2) is 36.9 Å². The zero-order valence-corrected chi connectivity index (χ0v) is 10.7. The van der Waals surface area contributed by atoms with E-state index in [-0.39, 0.29) is 11.3 Å². The summed E-state index contributed by atoms with van der Waals surface area (Å²) in [5, 5.41) is 13.4. The SMILES string of the molecule is C=CCCC(NC(=O)c1ccccc1[N+](=O)[O-])OC. The van der Waals surface area contributed by atoms with Crippen molar-refractivity contribution in [2.75, 3.05) is 7.11 Å². The number of hydrogen-bond donors (Lipinski definition) is 1. The lowest BCUT2D eigenvalue weighted by Gasteiger charge is -2.16. The number of nitrogens with zero attached hydrogens (tertiary/aromatic N) is 1. The maximum atomic E-state index is 12.0. The molecule has 0 aromatic heterocycles. The Kier molecular flexibility index (Phi) is 5.69. The highest BCUT2D eigenvalue weighted by molar-refractivity contribution is 5.98. The molecule has 0 heterocycles. The highest BCUT2D eigenvalue weighted by atomic mass is 16.6. The average molecular weight is 264 g/mol. The van der Waals surface area contributed by atoms with Gasteiger partial charge in [-0.05, 0) is 18.9 Å². The summed E-state index contributed by atoms with van der Waals surface area (Å²) in [5.41, 5.74) is -0.202. The molecule has 1 amide bonds. The summed E-state index contributed by atoms with van der Waals surface area (Å²) < 4.78 is 5.10. The Labute approximate surface area is 111 Å². The molecule has 1 aromatic rings. The van der Waals surface area contributed by atoms with Crippen LogP contribution in [0.2, 0.25) is 0 Å². The van der Waals surface area contributed by atoms with Crippen LogP contribution in [0.25, 0.3) is 0 Å². The maximum absolute atomic E-state index is 12.0. The van der Waals surface area contributed by atoms with Gasteiger partial charge in [0.25, 0.3) is 11.6 Å². The number of methoxy groups -OCH3 is 1. The summed E-state index contributed by atoms with van der Waals surface area (Å²) in [5.74, 6) is -0.525. The Morgan fingerprint density at radius 1 is 1.58 bits per heavy atom. The third kappa shape index (κ3) is 4.18.